The summed E-state index contributed by atoms with van der Waals surface area (Å²) in [5.74, 6) is -1.21. The van der Waals surface area contributed by atoms with Gasteiger partial charge in [0.15, 0.2) is 12.2 Å². The fourth-order valence-electron chi connectivity index (χ4n) is 8.64. The average Bonchev–Trinajstić information content (AvgIpc) is 3.18. The predicted octanol–water partition coefficient (Wildman–Crippen LogP) is 5.56. The molecule has 0 radical (unpaired) electrons. The third-order valence-electron chi connectivity index (χ3n) is 10.9. The van der Waals surface area contributed by atoms with E-state index in [0.717, 1.165) is 46.5 Å². The smallest absolute Gasteiger partial charge is 0.330 e. The highest BCUT2D eigenvalue weighted by Gasteiger charge is 2.54. The van der Waals surface area contributed by atoms with E-state index in [-0.39, 0.29) is 41.1 Å². The van der Waals surface area contributed by atoms with E-state index >= 15 is 0 Å². The third kappa shape index (κ3) is 9.90. The summed E-state index contributed by atoms with van der Waals surface area (Å²) in [5.41, 5.74) is 3.02. The van der Waals surface area contributed by atoms with Crippen LogP contribution in [0, 0.1) is 23.7 Å². The van der Waals surface area contributed by atoms with Gasteiger partial charge in [-0.05, 0) is 72.9 Å². The average molecular weight is 839 g/mol. The first kappa shape index (κ1) is 43.2. The number of hydrogen-bond acceptors (Lipinski definition) is 15. The molecule has 1 aliphatic heterocycles. The van der Waals surface area contributed by atoms with Gasteiger partial charge < -0.3 is 42.6 Å². The predicted molar refractivity (Wildman–Crippen MR) is 207 cm³/mol. The minimum Gasteiger partial charge on any atom is -0.496 e. The van der Waals surface area contributed by atoms with Gasteiger partial charge >= 0.3 is 29.8 Å². The Bertz CT molecular complexity index is 1990. The molecule has 5 atom stereocenters. The molecular formula is C43H47ClO15. The maximum atomic E-state index is 12.7. The molecule has 7 rings (SSSR count). The lowest BCUT2D eigenvalue weighted by Gasteiger charge is -2.50. The number of esters is 5. The highest BCUT2D eigenvalue weighted by molar-refractivity contribution is 6.34. The summed E-state index contributed by atoms with van der Waals surface area (Å²) in [7, 11) is 2.89. The molecule has 5 fully saturated rings. The number of carbonyl (C=O) groups is 6. The van der Waals surface area contributed by atoms with Crippen molar-refractivity contribution in [2.24, 2.45) is 23.7 Å². The molecule has 2 unspecified atom stereocenters. The number of benzene rings is 2. The van der Waals surface area contributed by atoms with E-state index in [2.05, 4.69) is 0 Å². The standard InChI is InChI=1S/C43H47ClO15/c1-21(45)53-20-33-40(55-22(2)46)41(56-23(3)47)42(57-24(4)48)43(59-33)58-31-11-7-25(8-12-31)19-54-38-26(10-14-34(49)51-5)9-13-32(36(38)44)39(52-6)35-27-15-29-17-28(35)18-30(16-27)37(29)50/h7-14,27-30,33,40-43H,15-20H2,1-6H3/b14-10+,39-35?/t27?,28?,29?,30?,33?,40-,41-,42?,43+/m0/s1. The zero-order valence-electron chi connectivity index (χ0n) is 33.6. The molecule has 4 aliphatic carbocycles. The maximum absolute atomic E-state index is 12.7. The molecule has 16 heteroatoms. The molecular weight excluding hydrogens is 792 g/mol. The van der Waals surface area contributed by atoms with Crippen LogP contribution in [0.5, 0.6) is 11.5 Å². The number of halogens is 1. The molecule has 1 saturated heterocycles. The molecule has 4 bridgehead atoms. The van der Waals surface area contributed by atoms with Crippen molar-refractivity contribution in [2.75, 3.05) is 20.8 Å². The molecule has 59 heavy (non-hydrogen) atoms. The second kappa shape index (κ2) is 18.7. The summed E-state index contributed by atoms with van der Waals surface area (Å²) in [4.78, 5) is 73.0. The highest BCUT2D eigenvalue weighted by atomic mass is 35.5. The Morgan fingerprint density at radius 1 is 0.746 bits per heavy atom. The minimum absolute atomic E-state index is 0.0250. The van der Waals surface area contributed by atoms with Crippen LogP contribution in [0.1, 0.15) is 70.1 Å². The number of allylic oxidation sites excluding steroid dienone is 1. The van der Waals surface area contributed by atoms with Crippen molar-refractivity contribution >= 4 is 59.1 Å². The van der Waals surface area contributed by atoms with Crippen LogP contribution in [0.15, 0.2) is 48.0 Å². The molecule has 0 aromatic heterocycles. The summed E-state index contributed by atoms with van der Waals surface area (Å²) < 4.78 is 51.0. The van der Waals surface area contributed by atoms with Gasteiger partial charge in [0.25, 0.3) is 0 Å². The Morgan fingerprint density at radius 3 is 1.90 bits per heavy atom. The van der Waals surface area contributed by atoms with Crippen LogP contribution in [0.2, 0.25) is 5.02 Å². The largest absolute Gasteiger partial charge is 0.496 e. The quantitative estimate of drug-likeness (QED) is 0.0996. The van der Waals surface area contributed by atoms with E-state index in [9.17, 15) is 28.8 Å². The number of hydrogen-bond donors (Lipinski definition) is 0. The van der Waals surface area contributed by atoms with Gasteiger partial charge in [0.1, 0.15) is 42.4 Å². The lowest BCUT2D eigenvalue weighted by molar-refractivity contribution is -0.288. The second-order valence-electron chi connectivity index (χ2n) is 14.9. The van der Waals surface area contributed by atoms with E-state index in [0.29, 0.717) is 34.0 Å². The van der Waals surface area contributed by atoms with E-state index in [1.54, 1.807) is 43.5 Å². The molecule has 0 amide bonds. The van der Waals surface area contributed by atoms with Gasteiger partial charge in [0.2, 0.25) is 12.4 Å². The van der Waals surface area contributed by atoms with Gasteiger partial charge in [-0.3, -0.25) is 24.0 Å². The number of carbonyl (C=O) groups excluding carboxylic acids is 6. The molecule has 2 aromatic carbocycles. The van der Waals surface area contributed by atoms with Crippen molar-refractivity contribution in [1.82, 2.24) is 0 Å². The lowest BCUT2D eigenvalue weighted by atomic mass is 9.53. The van der Waals surface area contributed by atoms with E-state index in [1.807, 2.05) is 6.07 Å². The Morgan fingerprint density at radius 2 is 1.34 bits per heavy atom. The van der Waals surface area contributed by atoms with Crippen LogP contribution in [-0.4, -0.2) is 87.2 Å². The minimum atomic E-state index is -1.41. The van der Waals surface area contributed by atoms with Crippen LogP contribution in [0.3, 0.4) is 0 Å². The van der Waals surface area contributed by atoms with Crippen molar-refractivity contribution < 1.29 is 71.4 Å². The summed E-state index contributed by atoms with van der Waals surface area (Å²) >= 11 is 7.16. The van der Waals surface area contributed by atoms with Crippen LogP contribution < -0.4 is 9.47 Å². The normalized spacial score (nSPS) is 26.8. The van der Waals surface area contributed by atoms with Crippen molar-refractivity contribution in [2.45, 2.75) is 90.7 Å². The van der Waals surface area contributed by atoms with Crippen LogP contribution in [0.25, 0.3) is 11.8 Å². The molecule has 0 N–H and O–H groups in total. The van der Waals surface area contributed by atoms with E-state index in [4.69, 9.17) is 54.2 Å². The summed E-state index contributed by atoms with van der Waals surface area (Å²) in [6.45, 7) is 4.21. The number of Topliss-reactive ketones (excluding diaryl/α,β-unsaturated/α-hetero) is 1. The third-order valence-corrected chi connectivity index (χ3v) is 11.3. The number of ether oxygens (including phenoxy) is 9. The lowest BCUT2D eigenvalue weighted by Crippen LogP contribution is -2.63. The number of rotatable bonds is 14. The number of methoxy groups -OCH3 is 2. The van der Waals surface area contributed by atoms with Gasteiger partial charge in [-0.2, -0.15) is 0 Å². The van der Waals surface area contributed by atoms with E-state index in [1.165, 1.54) is 25.7 Å². The SMILES string of the molecule is COC(=O)/C=C/c1ccc(C(OC)=C2C3CC4CC2CC(C3)C4=O)c(Cl)c1OCc1ccc(O[C@@H]2OC(COC(C)=O)[C@H](OC(C)=O)[C@H](OC(C)=O)C2OC(C)=O)cc1. The topological polar surface area (TPSA) is 185 Å². The van der Waals surface area contributed by atoms with Gasteiger partial charge in [0, 0.05) is 56.7 Å². The van der Waals surface area contributed by atoms with Crippen LogP contribution >= 0.6 is 11.6 Å². The first-order valence-corrected chi connectivity index (χ1v) is 19.6. The van der Waals surface area contributed by atoms with E-state index < -0.39 is 67.2 Å². The van der Waals surface area contributed by atoms with Gasteiger partial charge in [-0.25, -0.2) is 4.79 Å². The molecule has 5 aliphatic rings. The molecule has 2 aromatic rings. The van der Waals surface area contributed by atoms with Crippen LogP contribution in [0.4, 0.5) is 0 Å². The van der Waals surface area contributed by atoms with Crippen molar-refractivity contribution in [3.8, 4) is 11.5 Å². The zero-order valence-corrected chi connectivity index (χ0v) is 34.3. The summed E-state index contributed by atoms with van der Waals surface area (Å²) in [6.07, 6.45) is -0.669. The molecule has 316 valence electrons. The molecule has 4 saturated carbocycles. The molecule has 15 nitrogen and oxygen atoms in total. The Hall–Kier alpha value is -5.41. The van der Waals surface area contributed by atoms with Gasteiger partial charge in [-0.1, -0.05) is 29.8 Å². The summed E-state index contributed by atoms with van der Waals surface area (Å²) in [5, 5.41) is 0.287. The maximum Gasteiger partial charge on any atom is 0.330 e. The Labute approximate surface area is 346 Å². The molecule has 1 heterocycles. The van der Waals surface area contributed by atoms with Gasteiger partial charge in [0.05, 0.1) is 19.2 Å². The number of ketones is 1. The second-order valence-corrected chi connectivity index (χ2v) is 15.3. The monoisotopic (exact) mass is 838 g/mol. The summed E-state index contributed by atoms with van der Waals surface area (Å²) in [6, 6.07) is 10.3. The van der Waals surface area contributed by atoms with Crippen molar-refractivity contribution in [3.05, 3.63) is 69.8 Å². The van der Waals surface area contributed by atoms with Crippen molar-refractivity contribution in [1.29, 1.82) is 0 Å². The fourth-order valence-corrected chi connectivity index (χ4v) is 8.95. The van der Waals surface area contributed by atoms with Gasteiger partial charge in [-0.15, -0.1) is 0 Å². The first-order chi connectivity index (χ1) is 28.2. The van der Waals surface area contributed by atoms with Crippen molar-refractivity contribution in [3.63, 3.8) is 0 Å². The highest BCUT2D eigenvalue weighted by Crippen LogP contribution is 2.57. The van der Waals surface area contributed by atoms with Crippen LogP contribution in [-0.2, 0) is 68.5 Å². The Kier molecular flexibility index (Phi) is 13.7. The molecule has 0 spiro atoms. The zero-order chi connectivity index (χ0) is 42.5. The fraction of sp³-hybridized carbons (Fsp3) is 0.488. The first-order valence-electron chi connectivity index (χ1n) is 19.3. The Balaban J connectivity index is 1.25.